The molecule has 154 valence electrons. The molecule has 1 amide bonds. The topological polar surface area (TPSA) is 123 Å². The van der Waals surface area contributed by atoms with Crippen LogP contribution in [-0.4, -0.2) is 35.0 Å². The third-order valence-electron chi connectivity index (χ3n) is 4.26. The van der Waals surface area contributed by atoms with Crippen LogP contribution in [0.5, 0.6) is 5.75 Å². The third-order valence-corrected chi connectivity index (χ3v) is 4.26. The van der Waals surface area contributed by atoms with Gasteiger partial charge in [0.1, 0.15) is 12.1 Å². The summed E-state index contributed by atoms with van der Waals surface area (Å²) in [4.78, 5) is 33.1. The van der Waals surface area contributed by atoms with E-state index in [4.69, 9.17) is 4.74 Å². The van der Waals surface area contributed by atoms with Gasteiger partial charge in [0.25, 0.3) is 5.91 Å². The molecule has 0 aliphatic carbocycles. The first-order valence-corrected chi connectivity index (χ1v) is 8.94. The van der Waals surface area contributed by atoms with Crippen molar-refractivity contribution in [3.8, 4) is 5.75 Å². The molecule has 0 saturated carbocycles. The summed E-state index contributed by atoms with van der Waals surface area (Å²) in [6.45, 7) is 0.413. The van der Waals surface area contributed by atoms with Crippen LogP contribution in [0, 0.1) is 10.1 Å². The van der Waals surface area contributed by atoms with Crippen molar-refractivity contribution in [1.29, 1.82) is 0 Å². The van der Waals surface area contributed by atoms with E-state index in [2.05, 4.69) is 20.8 Å². The van der Waals surface area contributed by atoms with Gasteiger partial charge in [-0.05, 0) is 29.8 Å². The number of anilines is 2. The largest absolute Gasteiger partial charge is 0.497 e. The van der Waals surface area contributed by atoms with E-state index in [1.807, 2.05) is 30.3 Å². The van der Waals surface area contributed by atoms with Gasteiger partial charge < -0.3 is 9.64 Å². The van der Waals surface area contributed by atoms with Crippen molar-refractivity contribution >= 4 is 23.2 Å². The molecule has 3 aromatic rings. The summed E-state index contributed by atoms with van der Waals surface area (Å²) < 4.78 is 5.05. The Labute approximate surface area is 172 Å². The maximum absolute atomic E-state index is 12.3. The molecule has 0 bridgehead atoms. The molecule has 0 aliphatic heterocycles. The van der Waals surface area contributed by atoms with Crippen molar-refractivity contribution in [3.05, 3.63) is 82.2 Å². The first kappa shape index (κ1) is 20.5. The van der Waals surface area contributed by atoms with Gasteiger partial charge in [-0.25, -0.2) is 9.97 Å². The van der Waals surface area contributed by atoms with Crippen LogP contribution in [0.25, 0.3) is 0 Å². The van der Waals surface area contributed by atoms with Gasteiger partial charge in [-0.2, -0.15) is 0 Å². The molecule has 0 fully saturated rings. The zero-order chi connectivity index (χ0) is 21.5. The average molecular weight is 408 g/mol. The fourth-order valence-corrected chi connectivity index (χ4v) is 2.77. The van der Waals surface area contributed by atoms with Crippen molar-refractivity contribution in [1.82, 2.24) is 15.4 Å². The van der Waals surface area contributed by atoms with E-state index >= 15 is 0 Å². The number of carbonyl (C=O) groups is 1. The number of nitro groups is 1. The van der Waals surface area contributed by atoms with Crippen LogP contribution in [0.15, 0.2) is 60.9 Å². The highest BCUT2D eigenvalue weighted by atomic mass is 16.6. The molecule has 0 aliphatic rings. The predicted octanol–water partition coefficient (Wildman–Crippen LogP) is 2.79. The highest BCUT2D eigenvalue weighted by molar-refractivity contribution is 5.95. The molecule has 0 atom stereocenters. The number of benzene rings is 2. The number of aromatic nitrogens is 2. The lowest BCUT2D eigenvalue weighted by Crippen LogP contribution is -2.30. The highest BCUT2D eigenvalue weighted by Gasteiger charge is 2.26. The second kappa shape index (κ2) is 9.32. The Kier molecular flexibility index (Phi) is 6.38. The zero-order valence-electron chi connectivity index (χ0n) is 16.4. The maximum Gasteiger partial charge on any atom is 0.355 e. The first-order valence-electron chi connectivity index (χ1n) is 8.94. The summed E-state index contributed by atoms with van der Waals surface area (Å²) in [5.74, 6) is 0.133. The Bertz CT molecular complexity index is 1030. The van der Waals surface area contributed by atoms with Crippen LogP contribution in [-0.2, 0) is 6.54 Å². The molecule has 10 nitrogen and oxygen atoms in total. The average Bonchev–Trinajstić information content (AvgIpc) is 2.77. The maximum atomic E-state index is 12.3. The Morgan fingerprint density at radius 2 is 1.83 bits per heavy atom. The number of rotatable bonds is 8. The molecular weight excluding hydrogens is 388 g/mol. The molecule has 1 heterocycles. The van der Waals surface area contributed by atoms with E-state index in [1.54, 1.807) is 36.2 Å². The minimum atomic E-state index is -0.585. The Morgan fingerprint density at radius 1 is 1.13 bits per heavy atom. The summed E-state index contributed by atoms with van der Waals surface area (Å²) >= 11 is 0. The summed E-state index contributed by atoms with van der Waals surface area (Å²) in [6, 6.07) is 15.9. The van der Waals surface area contributed by atoms with Gasteiger partial charge >= 0.3 is 5.69 Å². The Hall–Kier alpha value is -4.21. The van der Waals surface area contributed by atoms with E-state index < -0.39 is 10.8 Å². The molecule has 0 saturated heterocycles. The van der Waals surface area contributed by atoms with Crippen molar-refractivity contribution in [3.63, 3.8) is 0 Å². The number of hydrogen-bond acceptors (Lipinski definition) is 8. The molecular formula is C20H20N6O4. The fraction of sp³-hybridized carbons (Fsp3) is 0.150. The fourth-order valence-electron chi connectivity index (χ4n) is 2.77. The number of nitrogens with one attached hydrogen (secondary N) is 2. The van der Waals surface area contributed by atoms with Crippen molar-refractivity contribution < 1.29 is 14.5 Å². The molecule has 0 radical (unpaired) electrons. The van der Waals surface area contributed by atoms with Gasteiger partial charge in [0, 0.05) is 19.2 Å². The molecule has 2 aromatic carbocycles. The van der Waals surface area contributed by atoms with E-state index in [0.29, 0.717) is 17.9 Å². The van der Waals surface area contributed by atoms with Gasteiger partial charge in [0.15, 0.2) is 0 Å². The van der Waals surface area contributed by atoms with Crippen LogP contribution >= 0.6 is 0 Å². The van der Waals surface area contributed by atoms with Crippen molar-refractivity contribution in [2.45, 2.75) is 6.54 Å². The molecule has 0 spiro atoms. The second-order valence-corrected chi connectivity index (χ2v) is 6.30. The van der Waals surface area contributed by atoms with Gasteiger partial charge in [-0.1, -0.05) is 30.3 Å². The van der Waals surface area contributed by atoms with E-state index in [0.717, 1.165) is 5.56 Å². The SMILES string of the molecule is COc1ccc(C(=O)NNc2ncnc(N(C)Cc3ccccc3)c2[N+](=O)[O-])cc1. The number of ether oxygens (including phenoxy) is 1. The zero-order valence-corrected chi connectivity index (χ0v) is 16.4. The van der Waals surface area contributed by atoms with E-state index in [-0.39, 0.29) is 17.3 Å². The van der Waals surface area contributed by atoms with Crippen LogP contribution in [0.4, 0.5) is 17.3 Å². The second-order valence-electron chi connectivity index (χ2n) is 6.30. The quantitative estimate of drug-likeness (QED) is 0.431. The summed E-state index contributed by atoms with van der Waals surface area (Å²) in [7, 11) is 3.22. The summed E-state index contributed by atoms with van der Waals surface area (Å²) in [6.07, 6.45) is 1.20. The number of carbonyl (C=O) groups excluding carboxylic acids is 1. The first-order chi connectivity index (χ1) is 14.5. The molecule has 1 aromatic heterocycles. The lowest BCUT2D eigenvalue weighted by molar-refractivity contribution is -0.383. The molecule has 0 unspecified atom stereocenters. The van der Waals surface area contributed by atoms with Gasteiger partial charge in [0.05, 0.1) is 12.0 Å². The normalized spacial score (nSPS) is 10.2. The molecule has 3 rings (SSSR count). The van der Waals surface area contributed by atoms with E-state index in [1.165, 1.54) is 13.4 Å². The Morgan fingerprint density at radius 3 is 2.47 bits per heavy atom. The van der Waals surface area contributed by atoms with E-state index in [9.17, 15) is 14.9 Å². The van der Waals surface area contributed by atoms with Crippen LogP contribution in [0.1, 0.15) is 15.9 Å². The summed E-state index contributed by atoms with van der Waals surface area (Å²) in [5.41, 5.74) is 5.93. The molecule has 10 heteroatoms. The smallest absolute Gasteiger partial charge is 0.355 e. The predicted molar refractivity (Wildman–Crippen MR) is 111 cm³/mol. The number of hydrazine groups is 1. The highest BCUT2D eigenvalue weighted by Crippen LogP contribution is 2.31. The minimum absolute atomic E-state index is 0.119. The van der Waals surface area contributed by atoms with Gasteiger partial charge in [0.2, 0.25) is 11.6 Å². The van der Waals surface area contributed by atoms with Gasteiger partial charge in [-0.3, -0.25) is 25.8 Å². The number of amides is 1. The number of hydrogen-bond donors (Lipinski definition) is 2. The standard InChI is InChI=1S/C20H20N6O4/c1-25(12-14-6-4-3-5-7-14)19-17(26(28)29)18(21-13-22-19)23-24-20(27)15-8-10-16(30-2)11-9-15/h3-11,13H,12H2,1-2H3,(H,24,27)(H,21,22,23). The van der Waals surface area contributed by atoms with Crippen molar-refractivity contribution in [2.75, 3.05) is 24.5 Å². The molecule has 30 heavy (non-hydrogen) atoms. The third kappa shape index (κ3) is 4.79. The lowest BCUT2D eigenvalue weighted by atomic mass is 10.2. The Balaban J connectivity index is 1.78. The lowest BCUT2D eigenvalue weighted by Gasteiger charge is -2.19. The number of methoxy groups -OCH3 is 1. The summed E-state index contributed by atoms with van der Waals surface area (Å²) in [5, 5.41) is 11.7. The van der Waals surface area contributed by atoms with Crippen LogP contribution < -0.4 is 20.5 Å². The molecule has 2 N–H and O–H groups in total. The van der Waals surface area contributed by atoms with Crippen molar-refractivity contribution in [2.24, 2.45) is 0 Å². The minimum Gasteiger partial charge on any atom is -0.497 e. The van der Waals surface area contributed by atoms with Crippen LogP contribution in [0.2, 0.25) is 0 Å². The van der Waals surface area contributed by atoms with Gasteiger partial charge in [-0.15, -0.1) is 0 Å². The monoisotopic (exact) mass is 408 g/mol. The van der Waals surface area contributed by atoms with Crippen LogP contribution in [0.3, 0.4) is 0 Å². The number of nitrogens with zero attached hydrogens (tertiary/aromatic N) is 4.